The van der Waals surface area contributed by atoms with Crippen LogP contribution >= 0.6 is 23.2 Å². The Labute approximate surface area is 178 Å². The van der Waals surface area contributed by atoms with Crippen LogP contribution in [0.25, 0.3) is 33.4 Å². The minimum atomic E-state index is -1.14. The molecule has 0 fully saturated rings. The second-order valence-electron chi connectivity index (χ2n) is 6.38. The standard InChI is InChI=1S/C22H13Cl2FO3S/c1-29(27)15-6-2-12(3-7-15)22-20(13-4-9-17(23)18(24)10-13)21(26)16-8-5-14(25)11-19(16)28-22/h2-11H,1H3. The molecular weight excluding hydrogens is 434 g/mol. The molecule has 4 aromatic rings. The largest absolute Gasteiger partial charge is 0.612 e. The van der Waals surface area contributed by atoms with Gasteiger partial charge in [-0.15, -0.1) is 0 Å². The van der Waals surface area contributed by atoms with Gasteiger partial charge in [-0.2, -0.15) is 0 Å². The van der Waals surface area contributed by atoms with Gasteiger partial charge >= 0.3 is 0 Å². The van der Waals surface area contributed by atoms with E-state index in [1.807, 2.05) is 0 Å². The molecular formula is C22H13Cl2FO3S. The Morgan fingerprint density at radius 1 is 0.931 bits per heavy atom. The molecule has 29 heavy (non-hydrogen) atoms. The molecule has 3 aromatic carbocycles. The van der Waals surface area contributed by atoms with Gasteiger partial charge in [0, 0.05) is 11.6 Å². The van der Waals surface area contributed by atoms with E-state index in [9.17, 15) is 13.7 Å². The Morgan fingerprint density at radius 3 is 2.28 bits per heavy atom. The number of hydrogen-bond donors (Lipinski definition) is 0. The van der Waals surface area contributed by atoms with E-state index in [2.05, 4.69) is 0 Å². The van der Waals surface area contributed by atoms with Gasteiger partial charge < -0.3 is 8.97 Å². The highest BCUT2D eigenvalue weighted by Crippen LogP contribution is 2.35. The summed E-state index contributed by atoms with van der Waals surface area (Å²) in [6, 6.07) is 15.4. The summed E-state index contributed by atoms with van der Waals surface area (Å²) in [5.74, 6) is -0.245. The summed E-state index contributed by atoms with van der Waals surface area (Å²) in [5, 5.41) is 0.909. The lowest BCUT2D eigenvalue weighted by Gasteiger charge is -2.12. The molecule has 146 valence electrons. The van der Waals surface area contributed by atoms with Gasteiger partial charge in [0.1, 0.15) is 23.4 Å². The first kappa shape index (κ1) is 20.0. The number of rotatable bonds is 3. The van der Waals surface area contributed by atoms with Gasteiger partial charge in [-0.05, 0) is 65.3 Å². The Balaban J connectivity index is 2.05. The van der Waals surface area contributed by atoms with E-state index >= 15 is 0 Å². The maximum Gasteiger partial charge on any atom is 0.201 e. The highest BCUT2D eigenvalue weighted by atomic mass is 35.5. The molecule has 1 aromatic heterocycles. The Bertz CT molecular complexity index is 1280. The normalized spacial score (nSPS) is 12.3. The third kappa shape index (κ3) is 3.79. The quantitative estimate of drug-likeness (QED) is 0.346. The molecule has 0 saturated carbocycles. The second kappa shape index (κ2) is 7.84. The van der Waals surface area contributed by atoms with Crippen molar-refractivity contribution in [2.75, 3.05) is 6.26 Å². The fraction of sp³-hybridized carbons (Fsp3) is 0.0455. The lowest BCUT2D eigenvalue weighted by atomic mass is 9.98. The van der Waals surface area contributed by atoms with Crippen molar-refractivity contribution in [3.63, 3.8) is 0 Å². The van der Waals surface area contributed by atoms with Crippen LogP contribution in [-0.2, 0) is 11.2 Å². The van der Waals surface area contributed by atoms with Crippen molar-refractivity contribution >= 4 is 45.3 Å². The first-order valence-electron chi connectivity index (χ1n) is 8.51. The molecule has 0 N–H and O–H groups in total. The van der Waals surface area contributed by atoms with Crippen molar-refractivity contribution < 1.29 is 13.4 Å². The third-order valence-electron chi connectivity index (χ3n) is 4.51. The molecule has 4 rings (SSSR count). The van der Waals surface area contributed by atoms with Crippen molar-refractivity contribution in [1.29, 1.82) is 0 Å². The van der Waals surface area contributed by atoms with Crippen molar-refractivity contribution in [1.82, 2.24) is 0 Å². The second-order valence-corrected chi connectivity index (χ2v) is 8.58. The molecule has 3 nitrogen and oxygen atoms in total. The highest BCUT2D eigenvalue weighted by Gasteiger charge is 2.19. The van der Waals surface area contributed by atoms with E-state index in [1.165, 1.54) is 18.2 Å². The fourth-order valence-electron chi connectivity index (χ4n) is 3.08. The van der Waals surface area contributed by atoms with E-state index in [-0.39, 0.29) is 27.7 Å². The molecule has 0 aliphatic rings. The summed E-state index contributed by atoms with van der Waals surface area (Å²) in [6.45, 7) is 0. The van der Waals surface area contributed by atoms with Crippen LogP contribution in [-0.4, -0.2) is 10.8 Å². The van der Waals surface area contributed by atoms with Crippen LogP contribution in [0, 0.1) is 5.82 Å². The number of fused-ring (bicyclic) bond motifs is 1. The number of halogens is 3. The monoisotopic (exact) mass is 446 g/mol. The highest BCUT2D eigenvalue weighted by molar-refractivity contribution is 7.90. The van der Waals surface area contributed by atoms with Crippen LogP contribution in [0.4, 0.5) is 4.39 Å². The predicted octanol–water partition coefficient (Wildman–Crippen LogP) is 6.31. The Kier molecular flexibility index (Phi) is 5.40. The van der Waals surface area contributed by atoms with Gasteiger partial charge in [-0.1, -0.05) is 29.3 Å². The fourth-order valence-corrected chi connectivity index (χ4v) is 3.90. The lowest BCUT2D eigenvalue weighted by molar-refractivity contribution is 0.598. The molecule has 1 unspecified atom stereocenters. The van der Waals surface area contributed by atoms with Crippen LogP contribution in [0.2, 0.25) is 10.0 Å². The third-order valence-corrected chi connectivity index (χ3v) is 6.19. The zero-order chi connectivity index (χ0) is 20.7. The Morgan fingerprint density at radius 2 is 1.62 bits per heavy atom. The van der Waals surface area contributed by atoms with E-state index in [4.69, 9.17) is 27.6 Å². The SMILES string of the molecule is C[S+]([O-])c1ccc(-c2oc3cc(F)ccc3c(=O)c2-c2ccc(Cl)c(Cl)c2)cc1. The van der Waals surface area contributed by atoms with E-state index < -0.39 is 17.0 Å². The molecule has 0 aliphatic carbocycles. The maximum atomic E-state index is 13.7. The van der Waals surface area contributed by atoms with Crippen molar-refractivity contribution in [3.05, 3.63) is 86.7 Å². The maximum absolute atomic E-state index is 13.7. The molecule has 0 radical (unpaired) electrons. The van der Waals surface area contributed by atoms with Crippen molar-refractivity contribution in [3.8, 4) is 22.5 Å². The Hall–Kier alpha value is -2.31. The molecule has 0 saturated heterocycles. The van der Waals surface area contributed by atoms with Crippen LogP contribution < -0.4 is 5.43 Å². The van der Waals surface area contributed by atoms with Gasteiger partial charge in [0.15, 0.2) is 4.90 Å². The minimum Gasteiger partial charge on any atom is -0.612 e. The van der Waals surface area contributed by atoms with Gasteiger partial charge in [0.05, 0.1) is 21.0 Å². The zero-order valence-electron chi connectivity index (χ0n) is 15.0. The van der Waals surface area contributed by atoms with Crippen LogP contribution in [0.1, 0.15) is 0 Å². The summed E-state index contributed by atoms with van der Waals surface area (Å²) in [4.78, 5) is 13.9. The molecule has 0 amide bonds. The van der Waals surface area contributed by atoms with Gasteiger partial charge in [-0.25, -0.2) is 4.39 Å². The summed E-state index contributed by atoms with van der Waals surface area (Å²) in [6.07, 6.45) is 1.58. The topological polar surface area (TPSA) is 53.3 Å². The van der Waals surface area contributed by atoms with E-state index in [1.54, 1.807) is 48.7 Å². The van der Waals surface area contributed by atoms with Gasteiger partial charge in [-0.3, -0.25) is 4.79 Å². The number of hydrogen-bond acceptors (Lipinski definition) is 3. The molecule has 1 heterocycles. The van der Waals surface area contributed by atoms with Crippen LogP contribution in [0.3, 0.4) is 0 Å². The zero-order valence-corrected chi connectivity index (χ0v) is 17.4. The van der Waals surface area contributed by atoms with Crippen molar-refractivity contribution in [2.24, 2.45) is 0 Å². The number of benzene rings is 3. The summed E-state index contributed by atoms with van der Waals surface area (Å²) < 4.78 is 31.4. The smallest absolute Gasteiger partial charge is 0.201 e. The van der Waals surface area contributed by atoms with Gasteiger partial charge in [0.2, 0.25) is 5.43 Å². The minimum absolute atomic E-state index is 0.136. The first-order chi connectivity index (χ1) is 13.8. The predicted molar refractivity (Wildman–Crippen MR) is 116 cm³/mol. The molecule has 0 aliphatic heterocycles. The summed E-state index contributed by atoms with van der Waals surface area (Å²) >= 11 is 11.0. The van der Waals surface area contributed by atoms with Gasteiger partial charge in [0.25, 0.3) is 0 Å². The van der Waals surface area contributed by atoms with E-state index in [0.29, 0.717) is 26.1 Å². The van der Waals surface area contributed by atoms with Crippen molar-refractivity contribution in [2.45, 2.75) is 4.90 Å². The average molecular weight is 447 g/mol. The van der Waals surface area contributed by atoms with Crippen LogP contribution in [0.5, 0.6) is 0 Å². The van der Waals surface area contributed by atoms with Crippen LogP contribution in [0.15, 0.2) is 74.8 Å². The molecule has 0 bridgehead atoms. The molecule has 1 atom stereocenters. The van der Waals surface area contributed by atoms with E-state index in [0.717, 1.165) is 0 Å². The summed E-state index contributed by atoms with van der Waals surface area (Å²) in [7, 11) is 0. The lowest BCUT2D eigenvalue weighted by Crippen LogP contribution is -2.08. The molecule has 7 heteroatoms. The molecule has 0 spiro atoms. The average Bonchev–Trinajstić information content (AvgIpc) is 2.70. The first-order valence-corrected chi connectivity index (χ1v) is 10.8. The summed E-state index contributed by atoms with van der Waals surface area (Å²) in [5.41, 5.74) is 1.22.